The Hall–Kier alpha value is -3.25. The van der Waals surface area contributed by atoms with Crippen molar-refractivity contribution >= 4 is 29.1 Å². The fraction of sp³-hybridized carbons (Fsp3) is 0.174. The number of nitrogens with zero attached hydrogens (tertiary/aromatic N) is 2. The SMILES string of the molecule is CCOC(=O)C1=C(C)n2c(s/c(=C\c3ccccc3)c2=O)=N[C@H]1c1ccccc1. The van der Waals surface area contributed by atoms with Crippen LogP contribution in [0.1, 0.15) is 31.0 Å². The van der Waals surface area contributed by atoms with Crippen LogP contribution >= 0.6 is 11.3 Å². The van der Waals surface area contributed by atoms with Crippen molar-refractivity contribution in [2.45, 2.75) is 19.9 Å². The zero-order valence-electron chi connectivity index (χ0n) is 16.2. The molecule has 2 heterocycles. The number of esters is 1. The number of benzene rings is 2. The highest BCUT2D eigenvalue weighted by Gasteiger charge is 2.31. The van der Waals surface area contributed by atoms with E-state index in [9.17, 15) is 9.59 Å². The first-order valence-electron chi connectivity index (χ1n) is 9.40. The van der Waals surface area contributed by atoms with Gasteiger partial charge >= 0.3 is 5.97 Å². The van der Waals surface area contributed by atoms with Crippen LogP contribution in [0, 0.1) is 0 Å². The summed E-state index contributed by atoms with van der Waals surface area (Å²) in [5.41, 5.74) is 2.61. The van der Waals surface area contributed by atoms with Gasteiger partial charge in [0.2, 0.25) is 0 Å². The second-order valence-corrected chi connectivity index (χ2v) is 7.62. The first kappa shape index (κ1) is 19.1. The summed E-state index contributed by atoms with van der Waals surface area (Å²) in [6, 6.07) is 18.8. The van der Waals surface area contributed by atoms with Crippen LogP contribution in [0.25, 0.3) is 11.8 Å². The maximum absolute atomic E-state index is 13.1. The Morgan fingerprint density at radius 2 is 1.79 bits per heavy atom. The third-order valence-corrected chi connectivity index (χ3v) is 5.74. The van der Waals surface area contributed by atoms with Crippen molar-refractivity contribution in [3.05, 3.63) is 97.1 Å². The number of thiazole rings is 1. The van der Waals surface area contributed by atoms with Gasteiger partial charge in [-0.25, -0.2) is 9.79 Å². The van der Waals surface area contributed by atoms with E-state index in [0.29, 0.717) is 20.6 Å². The molecule has 0 saturated heterocycles. The second-order valence-electron chi connectivity index (χ2n) is 6.61. The minimum absolute atomic E-state index is 0.177. The first-order valence-corrected chi connectivity index (χ1v) is 10.2. The lowest BCUT2D eigenvalue weighted by Crippen LogP contribution is -2.35. The first-order chi connectivity index (χ1) is 14.1. The zero-order chi connectivity index (χ0) is 20.4. The molecular formula is C23H20N2O3S. The number of allylic oxidation sites excluding steroid dienone is 1. The largest absolute Gasteiger partial charge is 0.463 e. The maximum atomic E-state index is 13.1. The van der Waals surface area contributed by atoms with Crippen LogP contribution in [-0.4, -0.2) is 17.1 Å². The molecule has 1 aliphatic heterocycles. The Morgan fingerprint density at radius 3 is 2.45 bits per heavy atom. The summed E-state index contributed by atoms with van der Waals surface area (Å²) in [4.78, 5) is 31.2. The van der Waals surface area contributed by atoms with E-state index >= 15 is 0 Å². The lowest BCUT2D eigenvalue weighted by molar-refractivity contribution is -0.138. The van der Waals surface area contributed by atoms with Gasteiger partial charge in [-0.2, -0.15) is 0 Å². The van der Waals surface area contributed by atoms with Crippen LogP contribution in [0.2, 0.25) is 0 Å². The average Bonchev–Trinajstić information content (AvgIpc) is 3.05. The van der Waals surface area contributed by atoms with E-state index < -0.39 is 12.0 Å². The lowest BCUT2D eigenvalue weighted by atomic mass is 9.97. The van der Waals surface area contributed by atoms with Gasteiger partial charge in [0.25, 0.3) is 5.56 Å². The molecule has 2 aromatic carbocycles. The van der Waals surface area contributed by atoms with Gasteiger partial charge in [-0.1, -0.05) is 72.0 Å². The topological polar surface area (TPSA) is 60.7 Å². The number of hydrogen-bond acceptors (Lipinski definition) is 5. The Labute approximate surface area is 171 Å². The molecule has 0 saturated carbocycles. The number of carbonyl (C=O) groups is 1. The molecule has 146 valence electrons. The number of carbonyl (C=O) groups excluding carboxylic acids is 1. The third-order valence-electron chi connectivity index (χ3n) is 4.75. The number of aromatic nitrogens is 1. The molecule has 3 aromatic rings. The van der Waals surface area contributed by atoms with E-state index in [1.165, 1.54) is 15.9 Å². The Balaban J connectivity index is 1.96. The van der Waals surface area contributed by atoms with Crippen LogP contribution < -0.4 is 14.9 Å². The summed E-state index contributed by atoms with van der Waals surface area (Å²) >= 11 is 1.33. The molecule has 0 spiro atoms. The van der Waals surface area contributed by atoms with Crippen molar-refractivity contribution in [1.82, 2.24) is 4.57 Å². The molecule has 4 rings (SSSR count). The van der Waals surface area contributed by atoms with Crippen LogP contribution in [0.5, 0.6) is 0 Å². The fourth-order valence-corrected chi connectivity index (χ4v) is 4.43. The molecule has 1 aromatic heterocycles. The highest BCUT2D eigenvalue weighted by Crippen LogP contribution is 2.31. The molecule has 0 N–H and O–H groups in total. The van der Waals surface area contributed by atoms with Crippen LogP contribution in [0.15, 0.2) is 76.0 Å². The number of fused-ring (bicyclic) bond motifs is 1. The maximum Gasteiger partial charge on any atom is 0.338 e. The minimum Gasteiger partial charge on any atom is -0.463 e. The van der Waals surface area contributed by atoms with Gasteiger partial charge in [0.1, 0.15) is 6.04 Å². The molecule has 29 heavy (non-hydrogen) atoms. The summed E-state index contributed by atoms with van der Waals surface area (Å²) in [7, 11) is 0. The Bertz CT molecular complexity index is 1250. The molecule has 0 radical (unpaired) electrons. The van der Waals surface area contributed by atoms with Crippen LogP contribution in [-0.2, 0) is 9.53 Å². The molecule has 0 bridgehead atoms. The van der Waals surface area contributed by atoms with Gasteiger partial charge in [-0.3, -0.25) is 9.36 Å². The summed E-state index contributed by atoms with van der Waals surface area (Å²) in [6.45, 7) is 3.80. The number of hydrogen-bond donors (Lipinski definition) is 0. The summed E-state index contributed by atoms with van der Waals surface area (Å²) in [5, 5.41) is 0. The van der Waals surface area contributed by atoms with E-state index in [1.807, 2.05) is 66.7 Å². The van der Waals surface area contributed by atoms with Gasteiger partial charge in [-0.05, 0) is 31.1 Å². The molecule has 1 atom stereocenters. The average molecular weight is 404 g/mol. The predicted octanol–water partition coefficient (Wildman–Crippen LogP) is 2.91. The van der Waals surface area contributed by atoms with Crippen molar-refractivity contribution in [2.24, 2.45) is 4.99 Å². The molecule has 0 unspecified atom stereocenters. The molecule has 0 amide bonds. The smallest absolute Gasteiger partial charge is 0.338 e. The van der Waals surface area contributed by atoms with E-state index in [0.717, 1.165) is 11.1 Å². The quantitative estimate of drug-likeness (QED) is 0.628. The van der Waals surface area contributed by atoms with Gasteiger partial charge < -0.3 is 4.74 Å². The summed E-state index contributed by atoms with van der Waals surface area (Å²) in [5.74, 6) is -0.444. The van der Waals surface area contributed by atoms with Crippen molar-refractivity contribution in [1.29, 1.82) is 0 Å². The van der Waals surface area contributed by atoms with Crippen molar-refractivity contribution in [3.8, 4) is 0 Å². The summed E-state index contributed by atoms with van der Waals surface area (Å²) in [6.07, 6.45) is 1.85. The zero-order valence-corrected chi connectivity index (χ0v) is 17.0. The Kier molecular flexibility index (Phi) is 5.27. The van der Waals surface area contributed by atoms with Gasteiger partial charge in [0.05, 0.1) is 16.7 Å². The van der Waals surface area contributed by atoms with Gasteiger partial charge in [-0.15, -0.1) is 0 Å². The number of rotatable bonds is 4. The summed E-state index contributed by atoms with van der Waals surface area (Å²) < 4.78 is 7.38. The highest BCUT2D eigenvalue weighted by molar-refractivity contribution is 7.07. The van der Waals surface area contributed by atoms with E-state index in [1.54, 1.807) is 13.8 Å². The van der Waals surface area contributed by atoms with E-state index in [2.05, 4.69) is 0 Å². The fourth-order valence-electron chi connectivity index (χ4n) is 3.39. The van der Waals surface area contributed by atoms with Gasteiger partial charge in [0, 0.05) is 5.70 Å². The van der Waals surface area contributed by atoms with E-state index in [4.69, 9.17) is 9.73 Å². The normalized spacial score (nSPS) is 16.3. The highest BCUT2D eigenvalue weighted by atomic mass is 32.1. The standard InChI is InChI=1S/C23H20N2O3S/c1-3-28-22(27)19-15(2)25-21(26)18(14-16-10-6-4-7-11-16)29-23(25)24-20(19)17-12-8-5-9-13-17/h4-14,20H,3H2,1-2H3/b18-14-/t20-/m0/s1. The molecular weight excluding hydrogens is 384 g/mol. The molecule has 6 heteroatoms. The monoisotopic (exact) mass is 404 g/mol. The van der Waals surface area contributed by atoms with Gasteiger partial charge in [0.15, 0.2) is 4.80 Å². The third kappa shape index (κ3) is 3.59. The van der Waals surface area contributed by atoms with Crippen LogP contribution in [0.4, 0.5) is 0 Å². The van der Waals surface area contributed by atoms with Crippen molar-refractivity contribution in [3.63, 3.8) is 0 Å². The van der Waals surface area contributed by atoms with E-state index in [-0.39, 0.29) is 12.2 Å². The molecule has 1 aliphatic rings. The van der Waals surface area contributed by atoms with Crippen molar-refractivity contribution < 1.29 is 9.53 Å². The van der Waals surface area contributed by atoms with Crippen molar-refractivity contribution in [2.75, 3.05) is 6.61 Å². The number of ether oxygens (including phenoxy) is 1. The Morgan fingerprint density at radius 1 is 1.14 bits per heavy atom. The lowest BCUT2D eigenvalue weighted by Gasteiger charge is -2.22. The minimum atomic E-state index is -0.502. The van der Waals surface area contributed by atoms with Crippen LogP contribution in [0.3, 0.4) is 0 Å². The molecule has 0 fully saturated rings. The molecule has 5 nitrogen and oxygen atoms in total. The second kappa shape index (κ2) is 8.01. The predicted molar refractivity (Wildman–Crippen MR) is 114 cm³/mol. The molecule has 0 aliphatic carbocycles.